The predicted molar refractivity (Wildman–Crippen MR) is 105 cm³/mol. The molecule has 6 nitrogen and oxygen atoms in total. The van der Waals surface area contributed by atoms with E-state index >= 15 is 0 Å². The van der Waals surface area contributed by atoms with Gasteiger partial charge in [-0.3, -0.25) is 14.4 Å². The molecule has 0 aliphatic rings. The molecular formula is C21H23F2N3O3. The zero-order valence-electron chi connectivity index (χ0n) is 16.3. The van der Waals surface area contributed by atoms with Crippen molar-refractivity contribution in [1.82, 2.24) is 10.2 Å². The van der Waals surface area contributed by atoms with Crippen molar-refractivity contribution in [2.24, 2.45) is 0 Å². The molecule has 2 aromatic carbocycles. The first-order valence-electron chi connectivity index (χ1n) is 9.17. The second-order valence-corrected chi connectivity index (χ2v) is 6.54. The molecule has 0 saturated carbocycles. The Labute approximate surface area is 167 Å². The van der Waals surface area contributed by atoms with Crippen molar-refractivity contribution in [1.29, 1.82) is 0 Å². The number of nitrogens with zero attached hydrogens (tertiary/aromatic N) is 1. The SMILES string of the molecule is CCCN(CC(=O)NCC(=O)Nc1ccc(C)cc1)C(=O)c1ccc(F)cc1F. The fourth-order valence-corrected chi connectivity index (χ4v) is 2.61. The average molecular weight is 403 g/mol. The Bertz CT molecular complexity index is 885. The average Bonchev–Trinajstić information content (AvgIpc) is 2.67. The number of halogens is 2. The van der Waals surface area contributed by atoms with Crippen LogP contribution < -0.4 is 10.6 Å². The van der Waals surface area contributed by atoms with Gasteiger partial charge in [-0.15, -0.1) is 0 Å². The van der Waals surface area contributed by atoms with Crippen LogP contribution in [-0.4, -0.2) is 42.3 Å². The lowest BCUT2D eigenvalue weighted by Gasteiger charge is -2.22. The number of carbonyl (C=O) groups excluding carboxylic acids is 3. The first-order valence-corrected chi connectivity index (χ1v) is 9.17. The number of carbonyl (C=O) groups is 3. The summed E-state index contributed by atoms with van der Waals surface area (Å²) in [6.07, 6.45) is 0.537. The molecule has 0 atom stereocenters. The monoisotopic (exact) mass is 403 g/mol. The fourth-order valence-electron chi connectivity index (χ4n) is 2.61. The summed E-state index contributed by atoms with van der Waals surface area (Å²) in [5.41, 5.74) is 1.34. The van der Waals surface area contributed by atoms with Crippen LogP contribution in [0.2, 0.25) is 0 Å². The Balaban J connectivity index is 1.92. The molecule has 0 saturated heterocycles. The highest BCUT2D eigenvalue weighted by atomic mass is 19.1. The van der Waals surface area contributed by atoms with Gasteiger partial charge < -0.3 is 15.5 Å². The van der Waals surface area contributed by atoms with Gasteiger partial charge >= 0.3 is 0 Å². The van der Waals surface area contributed by atoms with Crippen molar-refractivity contribution in [2.75, 3.05) is 25.0 Å². The molecule has 0 aliphatic heterocycles. The molecule has 2 N–H and O–H groups in total. The molecule has 0 bridgehead atoms. The number of benzene rings is 2. The van der Waals surface area contributed by atoms with Crippen molar-refractivity contribution in [2.45, 2.75) is 20.3 Å². The Kier molecular flexibility index (Phi) is 7.82. The molecule has 0 aliphatic carbocycles. The van der Waals surface area contributed by atoms with Crippen LogP contribution in [0, 0.1) is 18.6 Å². The summed E-state index contributed by atoms with van der Waals surface area (Å²) in [6.45, 7) is 3.31. The molecule has 154 valence electrons. The molecule has 0 spiro atoms. The van der Waals surface area contributed by atoms with E-state index < -0.39 is 29.4 Å². The first kappa shape index (κ1) is 22.0. The maximum Gasteiger partial charge on any atom is 0.257 e. The zero-order chi connectivity index (χ0) is 21.4. The van der Waals surface area contributed by atoms with Crippen molar-refractivity contribution in [3.8, 4) is 0 Å². The molecule has 3 amide bonds. The second-order valence-electron chi connectivity index (χ2n) is 6.54. The second kappa shape index (κ2) is 10.3. The molecule has 0 fully saturated rings. The van der Waals surface area contributed by atoms with E-state index in [1.54, 1.807) is 19.1 Å². The fraction of sp³-hybridized carbons (Fsp3) is 0.286. The van der Waals surface area contributed by atoms with Crippen molar-refractivity contribution < 1.29 is 23.2 Å². The van der Waals surface area contributed by atoms with Gasteiger partial charge in [-0.2, -0.15) is 0 Å². The number of anilines is 1. The third-order valence-corrected chi connectivity index (χ3v) is 4.06. The summed E-state index contributed by atoms with van der Waals surface area (Å²) >= 11 is 0. The van der Waals surface area contributed by atoms with Crippen LogP contribution in [0.4, 0.5) is 14.5 Å². The lowest BCUT2D eigenvalue weighted by molar-refractivity contribution is -0.124. The van der Waals surface area contributed by atoms with E-state index in [1.807, 2.05) is 19.1 Å². The smallest absolute Gasteiger partial charge is 0.257 e. The highest BCUT2D eigenvalue weighted by Crippen LogP contribution is 2.13. The minimum atomic E-state index is -0.992. The van der Waals surface area contributed by atoms with E-state index in [9.17, 15) is 23.2 Å². The van der Waals surface area contributed by atoms with Gasteiger partial charge in [0.25, 0.3) is 5.91 Å². The number of hydrogen-bond acceptors (Lipinski definition) is 3. The highest BCUT2D eigenvalue weighted by molar-refractivity contribution is 5.98. The van der Waals surface area contributed by atoms with Crippen LogP contribution in [0.25, 0.3) is 0 Å². The number of aryl methyl sites for hydroxylation is 1. The largest absolute Gasteiger partial charge is 0.345 e. The highest BCUT2D eigenvalue weighted by Gasteiger charge is 2.21. The Morgan fingerprint density at radius 2 is 1.69 bits per heavy atom. The third-order valence-electron chi connectivity index (χ3n) is 4.06. The van der Waals surface area contributed by atoms with Gasteiger partial charge in [0.2, 0.25) is 11.8 Å². The Hall–Kier alpha value is -3.29. The topological polar surface area (TPSA) is 78.5 Å². The van der Waals surface area contributed by atoms with Crippen LogP contribution in [0.5, 0.6) is 0 Å². The number of amides is 3. The van der Waals surface area contributed by atoms with Crippen LogP contribution in [0.15, 0.2) is 42.5 Å². The predicted octanol–water partition coefficient (Wildman–Crippen LogP) is 2.88. The first-order chi connectivity index (χ1) is 13.8. The van der Waals surface area contributed by atoms with Gasteiger partial charge in [0.05, 0.1) is 18.7 Å². The molecule has 0 aromatic heterocycles. The minimum Gasteiger partial charge on any atom is -0.345 e. The van der Waals surface area contributed by atoms with Crippen LogP contribution in [0.1, 0.15) is 29.3 Å². The normalized spacial score (nSPS) is 10.3. The van der Waals surface area contributed by atoms with E-state index in [1.165, 1.54) is 0 Å². The lowest BCUT2D eigenvalue weighted by atomic mass is 10.1. The maximum absolute atomic E-state index is 13.9. The van der Waals surface area contributed by atoms with Gasteiger partial charge in [0, 0.05) is 18.3 Å². The van der Waals surface area contributed by atoms with Crippen LogP contribution in [0.3, 0.4) is 0 Å². The molecule has 0 unspecified atom stereocenters. The van der Waals surface area contributed by atoms with E-state index in [2.05, 4.69) is 10.6 Å². The zero-order valence-corrected chi connectivity index (χ0v) is 16.3. The number of hydrogen-bond donors (Lipinski definition) is 2. The molecule has 2 aromatic rings. The van der Waals surface area contributed by atoms with E-state index in [0.29, 0.717) is 18.2 Å². The van der Waals surface area contributed by atoms with Crippen LogP contribution in [-0.2, 0) is 9.59 Å². The molecular weight excluding hydrogens is 380 g/mol. The summed E-state index contributed by atoms with van der Waals surface area (Å²) in [4.78, 5) is 37.8. The molecule has 29 heavy (non-hydrogen) atoms. The number of nitrogens with one attached hydrogen (secondary N) is 2. The van der Waals surface area contributed by atoms with Crippen molar-refractivity contribution in [3.05, 3.63) is 65.2 Å². The summed E-state index contributed by atoms with van der Waals surface area (Å²) in [5.74, 6) is -3.48. The summed E-state index contributed by atoms with van der Waals surface area (Å²) < 4.78 is 26.9. The standard InChI is InChI=1S/C21H23F2N3O3/c1-3-10-26(21(29)17-9-6-15(22)11-18(17)23)13-20(28)24-12-19(27)25-16-7-4-14(2)5-8-16/h4-9,11H,3,10,12-13H2,1-2H3,(H,24,28)(H,25,27). The van der Waals surface area contributed by atoms with Gasteiger partial charge in [0.15, 0.2) is 0 Å². The summed E-state index contributed by atoms with van der Waals surface area (Å²) in [5, 5.41) is 5.08. The molecule has 0 heterocycles. The van der Waals surface area contributed by atoms with Crippen molar-refractivity contribution >= 4 is 23.4 Å². The van der Waals surface area contributed by atoms with Crippen LogP contribution >= 0.6 is 0 Å². The van der Waals surface area contributed by atoms with E-state index in [4.69, 9.17) is 0 Å². The van der Waals surface area contributed by atoms with Crippen molar-refractivity contribution in [3.63, 3.8) is 0 Å². The quantitative estimate of drug-likeness (QED) is 0.712. The van der Waals surface area contributed by atoms with E-state index in [0.717, 1.165) is 22.6 Å². The third kappa shape index (κ3) is 6.67. The van der Waals surface area contributed by atoms with E-state index in [-0.39, 0.29) is 25.2 Å². The molecule has 8 heteroatoms. The Morgan fingerprint density at radius 3 is 2.31 bits per heavy atom. The van der Waals surface area contributed by atoms with Gasteiger partial charge in [-0.25, -0.2) is 8.78 Å². The van der Waals surface area contributed by atoms with Gasteiger partial charge in [0.1, 0.15) is 11.6 Å². The molecule has 0 radical (unpaired) electrons. The summed E-state index contributed by atoms with van der Waals surface area (Å²) in [7, 11) is 0. The molecule has 2 rings (SSSR count). The van der Waals surface area contributed by atoms with Gasteiger partial charge in [-0.05, 0) is 37.6 Å². The lowest BCUT2D eigenvalue weighted by Crippen LogP contribution is -2.43. The summed E-state index contributed by atoms with van der Waals surface area (Å²) in [6, 6.07) is 9.82. The Morgan fingerprint density at radius 1 is 1.00 bits per heavy atom. The van der Waals surface area contributed by atoms with Gasteiger partial charge in [-0.1, -0.05) is 24.6 Å². The number of rotatable bonds is 8. The minimum absolute atomic E-state index is 0.207. The maximum atomic E-state index is 13.9.